The number of likely N-dealkylation sites (N-methyl/N-ethyl adjacent to an activating group) is 1. The van der Waals surface area contributed by atoms with Gasteiger partial charge in [0, 0.05) is 23.9 Å². The minimum absolute atomic E-state index is 0.0111. The zero-order chi connectivity index (χ0) is 17.1. The van der Waals surface area contributed by atoms with Crippen LogP contribution in [0.2, 0.25) is 5.02 Å². The van der Waals surface area contributed by atoms with Crippen molar-refractivity contribution in [1.29, 1.82) is 0 Å². The van der Waals surface area contributed by atoms with Gasteiger partial charge in [0.25, 0.3) is 0 Å². The van der Waals surface area contributed by atoms with Crippen LogP contribution in [-0.2, 0) is 4.79 Å². The van der Waals surface area contributed by atoms with Crippen molar-refractivity contribution in [3.05, 3.63) is 64.9 Å². The lowest BCUT2D eigenvalue weighted by Gasteiger charge is -2.35. The fraction of sp³-hybridized carbons (Fsp3) is 0.235. The Morgan fingerprint density at radius 1 is 1.33 bits per heavy atom. The summed E-state index contributed by atoms with van der Waals surface area (Å²) in [5.41, 5.74) is 1.63. The van der Waals surface area contributed by atoms with Gasteiger partial charge < -0.3 is 5.32 Å². The molecule has 2 aromatic rings. The summed E-state index contributed by atoms with van der Waals surface area (Å²) >= 11 is 7.17. The maximum atomic E-state index is 13.2. The van der Waals surface area contributed by atoms with E-state index in [1.165, 1.54) is 30.3 Å². The molecule has 4 nitrogen and oxygen atoms in total. The summed E-state index contributed by atoms with van der Waals surface area (Å²) in [6.45, 7) is 0. The fourth-order valence-electron chi connectivity index (χ4n) is 2.59. The van der Waals surface area contributed by atoms with Gasteiger partial charge in [0.05, 0.1) is 5.02 Å². The van der Waals surface area contributed by atoms with Crippen LogP contribution in [-0.4, -0.2) is 23.3 Å². The van der Waals surface area contributed by atoms with Crippen molar-refractivity contribution in [1.82, 2.24) is 9.03 Å². The summed E-state index contributed by atoms with van der Waals surface area (Å²) in [4.78, 5) is 12.6. The van der Waals surface area contributed by atoms with E-state index in [9.17, 15) is 9.18 Å². The molecular weight excluding hydrogens is 349 g/mol. The molecule has 2 N–H and O–H groups in total. The van der Waals surface area contributed by atoms with E-state index in [0.29, 0.717) is 12.1 Å². The standard InChI is InChI=1S/C17H17ClFN3OS/c1-22-16(10-15(21-24-22)11-5-3-2-4-6-11)17(23)20-12-7-8-14(19)13(18)9-12/h2-9,15-16,21H,10H2,1H3,(H,20,23). The van der Waals surface area contributed by atoms with Gasteiger partial charge in [-0.2, -0.15) is 0 Å². The zero-order valence-corrected chi connectivity index (χ0v) is 14.6. The summed E-state index contributed by atoms with van der Waals surface area (Å²) in [5.74, 6) is -0.650. The normalized spacial score (nSPS) is 21.5. The molecular formula is C17H17ClFN3OS. The van der Waals surface area contributed by atoms with Gasteiger partial charge in [-0.1, -0.05) is 41.9 Å². The number of anilines is 1. The average molecular weight is 366 g/mol. The summed E-state index contributed by atoms with van der Waals surface area (Å²) in [7, 11) is 1.86. The van der Waals surface area contributed by atoms with Crippen LogP contribution >= 0.6 is 23.7 Å². The Morgan fingerprint density at radius 2 is 2.08 bits per heavy atom. The number of hydrogen-bond donors (Lipinski definition) is 2. The molecule has 2 atom stereocenters. The summed E-state index contributed by atoms with van der Waals surface area (Å²) in [5, 5.41) is 2.80. The van der Waals surface area contributed by atoms with Gasteiger partial charge in [0.2, 0.25) is 5.91 Å². The third-order valence-electron chi connectivity index (χ3n) is 3.93. The van der Waals surface area contributed by atoms with Crippen LogP contribution < -0.4 is 10.0 Å². The number of halogens is 2. The number of rotatable bonds is 3. The molecule has 1 aliphatic heterocycles. The third-order valence-corrected chi connectivity index (χ3v) is 5.15. The molecule has 0 saturated carbocycles. The largest absolute Gasteiger partial charge is 0.325 e. The van der Waals surface area contributed by atoms with Gasteiger partial charge in [0.1, 0.15) is 11.9 Å². The summed E-state index contributed by atoms with van der Waals surface area (Å²) < 4.78 is 18.4. The predicted octanol–water partition coefficient (Wildman–Crippen LogP) is 4.02. The Balaban J connectivity index is 1.71. The highest BCUT2D eigenvalue weighted by Gasteiger charge is 2.32. The minimum Gasteiger partial charge on any atom is -0.325 e. The number of carbonyl (C=O) groups excluding carboxylic acids is 1. The smallest absolute Gasteiger partial charge is 0.242 e. The number of carbonyl (C=O) groups is 1. The maximum absolute atomic E-state index is 13.2. The van der Waals surface area contributed by atoms with Crippen molar-refractivity contribution in [2.45, 2.75) is 18.5 Å². The van der Waals surface area contributed by atoms with Crippen LogP contribution in [0, 0.1) is 5.82 Å². The lowest BCUT2D eigenvalue weighted by molar-refractivity contribution is -0.119. The molecule has 126 valence electrons. The number of amides is 1. The second-order valence-electron chi connectivity index (χ2n) is 5.59. The highest BCUT2D eigenvalue weighted by Crippen LogP contribution is 2.31. The van der Waals surface area contributed by atoms with Crippen molar-refractivity contribution in [3.8, 4) is 0 Å². The lowest BCUT2D eigenvalue weighted by atomic mass is 9.99. The molecule has 0 radical (unpaired) electrons. The quantitative estimate of drug-likeness (QED) is 0.806. The Labute approximate surface area is 149 Å². The Hall–Kier alpha value is -1.60. The molecule has 2 unspecified atom stereocenters. The highest BCUT2D eigenvalue weighted by molar-refractivity contribution is 7.95. The van der Waals surface area contributed by atoms with E-state index in [4.69, 9.17) is 11.6 Å². The molecule has 0 aromatic heterocycles. The second-order valence-corrected chi connectivity index (χ2v) is 6.99. The van der Waals surface area contributed by atoms with E-state index in [2.05, 4.69) is 10.0 Å². The van der Waals surface area contributed by atoms with Crippen molar-refractivity contribution in [3.63, 3.8) is 0 Å². The molecule has 1 amide bonds. The van der Waals surface area contributed by atoms with Gasteiger partial charge in [-0.25, -0.2) is 13.4 Å². The SMILES string of the molecule is CN1SNC(c2ccccc2)CC1C(=O)Nc1ccc(F)c(Cl)c1. The van der Waals surface area contributed by atoms with Gasteiger partial charge in [0.15, 0.2) is 0 Å². The topological polar surface area (TPSA) is 44.4 Å². The molecule has 1 fully saturated rings. The molecule has 0 aliphatic carbocycles. The third kappa shape index (κ3) is 3.89. The van der Waals surface area contributed by atoms with Crippen molar-refractivity contribution in [2.75, 3.05) is 12.4 Å². The number of nitrogens with one attached hydrogen (secondary N) is 2. The summed E-state index contributed by atoms with van der Waals surface area (Å²) in [6, 6.07) is 13.9. The number of nitrogens with zero attached hydrogens (tertiary/aromatic N) is 1. The first-order valence-electron chi connectivity index (χ1n) is 7.51. The van der Waals surface area contributed by atoms with Crippen LogP contribution in [0.5, 0.6) is 0 Å². The predicted molar refractivity (Wildman–Crippen MR) is 96.1 cm³/mol. The molecule has 0 bridgehead atoms. The monoisotopic (exact) mass is 365 g/mol. The first-order chi connectivity index (χ1) is 11.5. The van der Waals surface area contributed by atoms with Gasteiger partial charge in [-0.15, -0.1) is 0 Å². The lowest BCUT2D eigenvalue weighted by Crippen LogP contribution is -2.46. The molecule has 2 aromatic carbocycles. The minimum atomic E-state index is -0.506. The fourth-order valence-corrected chi connectivity index (χ4v) is 3.61. The van der Waals surface area contributed by atoms with Crippen LogP contribution in [0.1, 0.15) is 18.0 Å². The van der Waals surface area contributed by atoms with E-state index >= 15 is 0 Å². The highest BCUT2D eigenvalue weighted by atomic mass is 35.5. The molecule has 1 heterocycles. The Morgan fingerprint density at radius 3 is 2.79 bits per heavy atom. The van der Waals surface area contributed by atoms with Gasteiger partial charge in [-0.05, 0) is 37.2 Å². The number of hydrogen-bond acceptors (Lipinski definition) is 4. The van der Waals surface area contributed by atoms with Crippen molar-refractivity contribution < 1.29 is 9.18 Å². The Kier molecular flexibility index (Phi) is 5.40. The van der Waals surface area contributed by atoms with Crippen LogP contribution in [0.15, 0.2) is 48.5 Å². The molecule has 0 spiro atoms. The van der Waals surface area contributed by atoms with Crippen molar-refractivity contribution in [2.24, 2.45) is 0 Å². The van der Waals surface area contributed by atoms with Crippen LogP contribution in [0.3, 0.4) is 0 Å². The Bertz CT molecular complexity index is 731. The first kappa shape index (κ1) is 17.2. The average Bonchev–Trinajstić information content (AvgIpc) is 2.59. The second kappa shape index (κ2) is 7.53. The molecule has 3 rings (SSSR count). The van der Waals surface area contributed by atoms with E-state index in [1.54, 1.807) is 0 Å². The molecule has 1 aliphatic rings. The van der Waals surface area contributed by atoms with E-state index in [-0.39, 0.29) is 23.0 Å². The van der Waals surface area contributed by atoms with E-state index in [1.807, 2.05) is 41.7 Å². The van der Waals surface area contributed by atoms with Crippen molar-refractivity contribution >= 4 is 35.3 Å². The maximum Gasteiger partial charge on any atom is 0.242 e. The zero-order valence-electron chi connectivity index (χ0n) is 13.0. The molecule has 7 heteroatoms. The summed E-state index contributed by atoms with van der Waals surface area (Å²) in [6.07, 6.45) is 0.633. The van der Waals surface area contributed by atoms with Crippen LogP contribution in [0.25, 0.3) is 0 Å². The first-order valence-corrected chi connectivity index (χ1v) is 8.66. The molecule has 1 saturated heterocycles. The van der Waals surface area contributed by atoms with E-state index in [0.717, 1.165) is 5.56 Å². The van der Waals surface area contributed by atoms with E-state index < -0.39 is 5.82 Å². The van der Waals surface area contributed by atoms with Crippen LogP contribution in [0.4, 0.5) is 10.1 Å². The number of benzene rings is 2. The van der Waals surface area contributed by atoms with Gasteiger partial charge >= 0.3 is 0 Å². The van der Waals surface area contributed by atoms with Gasteiger partial charge in [-0.3, -0.25) is 4.79 Å². The molecule has 24 heavy (non-hydrogen) atoms.